The van der Waals surface area contributed by atoms with Crippen LogP contribution < -0.4 is 11.1 Å². The molecule has 4 nitrogen and oxygen atoms in total. The molecule has 0 amide bonds. The predicted octanol–water partition coefficient (Wildman–Crippen LogP) is 2.86. The summed E-state index contributed by atoms with van der Waals surface area (Å²) in [6, 6.07) is 2.09. The van der Waals surface area contributed by atoms with Crippen LogP contribution in [0.25, 0.3) is 0 Å². The third kappa shape index (κ3) is 2.49. The summed E-state index contributed by atoms with van der Waals surface area (Å²) in [6.07, 6.45) is 2.49. The number of thiophene rings is 1. The fourth-order valence-corrected chi connectivity index (χ4v) is 2.85. The lowest BCUT2D eigenvalue weighted by Crippen LogP contribution is -2.07. The lowest BCUT2D eigenvalue weighted by atomic mass is 10.1. The number of carbonyl (C=O) groups is 1. The normalized spacial score (nSPS) is 14.6. The van der Waals surface area contributed by atoms with Gasteiger partial charge in [0.15, 0.2) is 5.78 Å². The first-order chi connectivity index (χ1) is 8.54. The number of nitriles is 1. The maximum atomic E-state index is 12.0. The number of Topliss-reactive ketones (excluding diaryl/α,β-unsaturated/α-hetero) is 1. The Hall–Kier alpha value is -1.54. The molecule has 18 heavy (non-hydrogen) atoms. The summed E-state index contributed by atoms with van der Waals surface area (Å²) in [7, 11) is 0. The molecule has 1 heterocycles. The first kappa shape index (κ1) is 12.9. The van der Waals surface area contributed by atoms with Crippen LogP contribution >= 0.6 is 11.3 Å². The largest absolute Gasteiger partial charge is 0.396 e. The van der Waals surface area contributed by atoms with Crippen LogP contribution in [0.2, 0.25) is 0 Å². The highest BCUT2D eigenvalue weighted by Gasteiger charge is 2.25. The van der Waals surface area contributed by atoms with E-state index in [1.165, 1.54) is 24.2 Å². The van der Waals surface area contributed by atoms with Gasteiger partial charge in [-0.3, -0.25) is 4.79 Å². The molecule has 0 atom stereocenters. The molecular formula is C13H17N3OS. The molecule has 2 rings (SSSR count). The average molecular weight is 263 g/mol. The zero-order chi connectivity index (χ0) is 13.3. The standard InChI is InChI=1S/C13H17N3OS/c1-7(2)11(17)12-10(15)9(5-14)13(18-12)16-6-8-3-4-8/h7-8,16H,3-4,6,15H2,1-2H3. The van der Waals surface area contributed by atoms with E-state index in [4.69, 9.17) is 11.0 Å². The smallest absolute Gasteiger partial charge is 0.177 e. The summed E-state index contributed by atoms with van der Waals surface area (Å²) < 4.78 is 0. The van der Waals surface area contributed by atoms with Gasteiger partial charge in [0.2, 0.25) is 0 Å². The number of hydrogen-bond acceptors (Lipinski definition) is 5. The van der Waals surface area contributed by atoms with Crippen molar-refractivity contribution < 1.29 is 4.79 Å². The monoisotopic (exact) mass is 263 g/mol. The maximum absolute atomic E-state index is 12.0. The Morgan fingerprint density at radius 3 is 2.78 bits per heavy atom. The molecule has 0 unspecified atom stereocenters. The minimum absolute atomic E-state index is 0.00784. The molecule has 1 aliphatic carbocycles. The summed E-state index contributed by atoms with van der Waals surface area (Å²) in [5.41, 5.74) is 6.66. The summed E-state index contributed by atoms with van der Waals surface area (Å²) in [6.45, 7) is 4.54. The van der Waals surface area contributed by atoms with Crippen molar-refractivity contribution in [2.24, 2.45) is 11.8 Å². The first-order valence-electron chi connectivity index (χ1n) is 6.15. The minimum Gasteiger partial charge on any atom is -0.396 e. The number of carbonyl (C=O) groups excluding carboxylic acids is 1. The third-order valence-electron chi connectivity index (χ3n) is 3.05. The molecule has 96 valence electrons. The van der Waals surface area contributed by atoms with Gasteiger partial charge in [0, 0.05) is 12.5 Å². The molecule has 0 bridgehead atoms. The highest BCUT2D eigenvalue weighted by molar-refractivity contribution is 7.19. The van der Waals surface area contributed by atoms with E-state index in [1.807, 2.05) is 13.8 Å². The van der Waals surface area contributed by atoms with Crippen LogP contribution in [0, 0.1) is 23.2 Å². The lowest BCUT2D eigenvalue weighted by molar-refractivity contribution is 0.0944. The molecule has 0 saturated heterocycles. The number of ketones is 1. The van der Waals surface area contributed by atoms with E-state index in [-0.39, 0.29) is 11.7 Å². The highest BCUT2D eigenvalue weighted by Crippen LogP contribution is 2.38. The molecule has 0 aliphatic heterocycles. The summed E-state index contributed by atoms with van der Waals surface area (Å²) >= 11 is 1.31. The van der Waals surface area contributed by atoms with Crippen molar-refractivity contribution >= 4 is 27.8 Å². The SMILES string of the molecule is CC(C)C(=O)c1sc(NCC2CC2)c(C#N)c1N. The van der Waals surface area contributed by atoms with Crippen molar-refractivity contribution in [1.82, 2.24) is 0 Å². The third-order valence-corrected chi connectivity index (χ3v) is 4.23. The van der Waals surface area contributed by atoms with Crippen molar-refractivity contribution in [3.8, 4) is 6.07 Å². The number of rotatable bonds is 5. The van der Waals surface area contributed by atoms with Crippen LogP contribution in [-0.4, -0.2) is 12.3 Å². The van der Waals surface area contributed by atoms with E-state index in [9.17, 15) is 4.79 Å². The van der Waals surface area contributed by atoms with Gasteiger partial charge in [-0.05, 0) is 18.8 Å². The van der Waals surface area contributed by atoms with Gasteiger partial charge in [-0.2, -0.15) is 5.26 Å². The van der Waals surface area contributed by atoms with Crippen molar-refractivity contribution in [3.05, 3.63) is 10.4 Å². The van der Waals surface area contributed by atoms with Crippen molar-refractivity contribution in [2.45, 2.75) is 26.7 Å². The Labute approximate surface area is 111 Å². The van der Waals surface area contributed by atoms with Gasteiger partial charge in [-0.1, -0.05) is 13.8 Å². The highest BCUT2D eigenvalue weighted by atomic mass is 32.1. The fourth-order valence-electron chi connectivity index (χ4n) is 1.68. The maximum Gasteiger partial charge on any atom is 0.177 e. The summed E-state index contributed by atoms with van der Waals surface area (Å²) in [4.78, 5) is 12.5. The molecule has 3 N–H and O–H groups in total. The number of nitrogen functional groups attached to an aromatic ring is 1. The number of nitrogens with two attached hydrogens (primary N) is 1. The number of anilines is 2. The Morgan fingerprint density at radius 1 is 1.61 bits per heavy atom. The van der Waals surface area contributed by atoms with Crippen LogP contribution in [0.1, 0.15) is 41.9 Å². The lowest BCUT2D eigenvalue weighted by Gasteiger charge is -2.01. The fraction of sp³-hybridized carbons (Fsp3) is 0.538. The average Bonchev–Trinajstić information content (AvgIpc) is 3.10. The molecule has 1 fully saturated rings. The van der Waals surface area contributed by atoms with Gasteiger partial charge in [0.05, 0.1) is 10.6 Å². The predicted molar refractivity (Wildman–Crippen MR) is 73.8 cm³/mol. The molecule has 5 heteroatoms. The van der Waals surface area contributed by atoms with E-state index in [0.29, 0.717) is 22.0 Å². The molecule has 1 aliphatic rings. The molecular weight excluding hydrogens is 246 g/mol. The van der Waals surface area contributed by atoms with E-state index in [0.717, 1.165) is 11.5 Å². The van der Waals surface area contributed by atoms with E-state index in [1.54, 1.807) is 0 Å². The minimum atomic E-state index is -0.103. The van der Waals surface area contributed by atoms with Gasteiger partial charge in [-0.15, -0.1) is 11.3 Å². The molecule has 1 aromatic rings. The number of hydrogen-bond donors (Lipinski definition) is 2. The zero-order valence-corrected chi connectivity index (χ0v) is 11.4. The van der Waals surface area contributed by atoms with Crippen LogP contribution in [-0.2, 0) is 0 Å². The Bertz CT molecular complexity index is 509. The first-order valence-corrected chi connectivity index (χ1v) is 6.96. The van der Waals surface area contributed by atoms with Crippen molar-refractivity contribution in [2.75, 3.05) is 17.6 Å². The summed E-state index contributed by atoms with van der Waals surface area (Å²) in [5.74, 6) is 0.617. The Kier molecular flexibility index (Phi) is 3.58. The van der Waals surface area contributed by atoms with Gasteiger partial charge in [-0.25, -0.2) is 0 Å². The van der Waals surface area contributed by atoms with Gasteiger partial charge in [0.25, 0.3) is 0 Å². The van der Waals surface area contributed by atoms with Crippen LogP contribution in [0.4, 0.5) is 10.7 Å². The second-order valence-corrected chi connectivity index (χ2v) is 6.02. The molecule has 0 spiro atoms. The number of nitrogens with zero attached hydrogens (tertiary/aromatic N) is 1. The molecule has 0 aromatic carbocycles. The molecule has 0 radical (unpaired) electrons. The van der Waals surface area contributed by atoms with E-state index >= 15 is 0 Å². The van der Waals surface area contributed by atoms with Crippen molar-refractivity contribution in [3.63, 3.8) is 0 Å². The number of nitrogens with one attached hydrogen (secondary N) is 1. The summed E-state index contributed by atoms with van der Waals surface area (Å²) in [5, 5.41) is 13.1. The van der Waals surface area contributed by atoms with Crippen LogP contribution in [0.5, 0.6) is 0 Å². The van der Waals surface area contributed by atoms with Crippen LogP contribution in [0.3, 0.4) is 0 Å². The van der Waals surface area contributed by atoms with Gasteiger partial charge >= 0.3 is 0 Å². The van der Waals surface area contributed by atoms with E-state index < -0.39 is 0 Å². The Balaban J connectivity index is 2.26. The second kappa shape index (κ2) is 4.99. The van der Waals surface area contributed by atoms with Gasteiger partial charge in [0.1, 0.15) is 16.6 Å². The topological polar surface area (TPSA) is 78.9 Å². The quantitative estimate of drug-likeness (QED) is 0.801. The van der Waals surface area contributed by atoms with Crippen molar-refractivity contribution in [1.29, 1.82) is 5.26 Å². The molecule has 1 aromatic heterocycles. The second-order valence-electron chi connectivity index (χ2n) is 5.00. The van der Waals surface area contributed by atoms with Crippen LogP contribution in [0.15, 0.2) is 0 Å². The zero-order valence-electron chi connectivity index (χ0n) is 10.6. The van der Waals surface area contributed by atoms with E-state index in [2.05, 4.69) is 11.4 Å². The van der Waals surface area contributed by atoms with Gasteiger partial charge < -0.3 is 11.1 Å². The Morgan fingerprint density at radius 2 is 2.28 bits per heavy atom. The molecule has 1 saturated carbocycles.